The van der Waals surface area contributed by atoms with Gasteiger partial charge in [-0.25, -0.2) is 0 Å². The van der Waals surface area contributed by atoms with Crippen molar-refractivity contribution in [3.8, 4) is 0 Å². The molecular formula is C22H27N3O2. The number of hydrogen-bond acceptors (Lipinski definition) is 3. The van der Waals surface area contributed by atoms with E-state index in [0.29, 0.717) is 13.0 Å². The zero-order valence-electron chi connectivity index (χ0n) is 16.5. The molecule has 27 heavy (non-hydrogen) atoms. The molecule has 0 N–H and O–H groups in total. The fourth-order valence-corrected chi connectivity index (χ4v) is 3.29. The van der Waals surface area contributed by atoms with E-state index in [1.54, 1.807) is 19.0 Å². The van der Waals surface area contributed by atoms with Crippen LogP contribution in [0.5, 0.6) is 0 Å². The van der Waals surface area contributed by atoms with Gasteiger partial charge in [0.2, 0.25) is 5.91 Å². The Hall–Kier alpha value is -2.82. The van der Waals surface area contributed by atoms with Gasteiger partial charge in [-0.05, 0) is 48.2 Å². The van der Waals surface area contributed by atoms with Crippen molar-refractivity contribution in [3.05, 3.63) is 59.2 Å². The SMILES string of the molecule is CN(C)C(=O)CCCc1ccc(N2Cc3ccc(N(C)C)cc3C2=O)cc1. The average Bonchev–Trinajstić information content (AvgIpc) is 2.98. The van der Waals surface area contributed by atoms with Gasteiger partial charge in [-0.1, -0.05) is 18.2 Å². The molecule has 0 spiro atoms. The summed E-state index contributed by atoms with van der Waals surface area (Å²) < 4.78 is 0. The highest BCUT2D eigenvalue weighted by Crippen LogP contribution is 2.31. The smallest absolute Gasteiger partial charge is 0.259 e. The van der Waals surface area contributed by atoms with Gasteiger partial charge in [0.25, 0.3) is 5.91 Å². The molecule has 1 aliphatic heterocycles. The number of rotatable bonds is 6. The Morgan fingerprint density at radius 1 is 1.04 bits per heavy atom. The van der Waals surface area contributed by atoms with Crippen LogP contribution in [-0.2, 0) is 17.8 Å². The second kappa shape index (κ2) is 7.82. The van der Waals surface area contributed by atoms with E-state index in [1.807, 2.05) is 54.2 Å². The highest BCUT2D eigenvalue weighted by molar-refractivity contribution is 6.10. The van der Waals surface area contributed by atoms with Gasteiger partial charge >= 0.3 is 0 Å². The number of amides is 2. The monoisotopic (exact) mass is 365 g/mol. The molecule has 0 saturated heterocycles. The number of nitrogens with zero attached hydrogens (tertiary/aromatic N) is 3. The second-order valence-electron chi connectivity index (χ2n) is 7.44. The second-order valence-corrected chi connectivity index (χ2v) is 7.44. The van der Waals surface area contributed by atoms with Crippen LogP contribution < -0.4 is 9.80 Å². The maximum absolute atomic E-state index is 12.8. The Balaban J connectivity index is 1.65. The summed E-state index contributed by atoms with van der Waals surface area (Å²) in [6.45, 7) is 0.610. The zero-order valence-corrected chi connectivity index (χ0v) is 16.5. The van der Waals surface area contributed by atoms with Crippen LogP contribution >= 0.6 is 0 Å². The number of carbonyl (C=O) groups excluding carboxylic acids is 2. The summed E-state index contributed by atoms with van der Waals surface area (Å²) in [4.78, 5) is 29.9. The van der Waals surface area contributed by atoms with Crippen molar-refractivity contribution < 1.29 is 9.59 Å². The first-order chi connectivity index (χ1) is 12.9. The summed E-state index contributed by atoms with van der Waals surface area (Å²) in [6.07, 6.45) is 2.25. The molecule has 0 unspecified atom stereocenters. The first-order valence-electron chi connectivity index (χ1n) is 9.28. The Morgan fingerprint density at radius 2 is 1.74 bits per heavy atom. The number of hydrogen-bond donors (Lipinski definition) is 0. The van der Waals surface area contributed by atoms with Crippen molar-refractivity contribution in [1.82, 2.24) is 4.90 Å². The van der Waals surface area contributed by atoms with Gasteiger partial charge in [0.05, 0.1) is 6.54 Å². The molecule has 0 aliphatic carbocycles. The minimum absolute atomic E-state index is 0.0537. The lowest BCUT2D eigenvalue weighted by Gasteiger charge is -2.16. The third-order valence-corrected chi connectivity index (χ3v) is 5.02. The van der Waals surface area contributed by atoms with Crippen molar-refractivity contribution >= 4 is 23.2 Å². The molecule has 0 fully saturated rings. The van der Waals surface area contributed by atoms with E-state index in [9.17, 15) is 9.59 Å². The van der Waals surface area contributed by atoms with Crippen molar-refractivity contribution in [1.29, 1.82) is 0 Å². The summed E-state index contributed by atoms with van der Waals surface area (Å²) in [5.74, 6) is 0.210. The Morgan fingerprint density at radius 3 is 2.37 bits per heavy atom. The largest absolute Gasteiger partial charge is 0.378 e. The molecule has 0 atom stereocenters. The van der Waals surface area contributed by atoms with Crippen LogP contribution in [-0.4, -0.2) is 44.9 Å². The van der Waals surface area contributed by atoms with Gasteiger partial charge in [0.15, 0.2) is 0 Å². The van der Waals surface area contributed by atoms with Crippen molar-refractivity contribution in [3.63, 3.8) is 0 Å². The van der Waals surface area contributed by atoms with Gasteiger partial charge in [-0.3, -0.25) is 9.59 Å². The van der Waals surface area contributed by atoms with E-state index in [4.69, 9.17) is 0 Å². The van der Waals surface area contributed by atoms with Crippen LogP contribution in [0.2, 0.25) is 0 Å². The molecule has 1 aliphatic rings. The number of benzene rings is 2. The quantitative estimate of drug-likeness (QED) is 0.789. The van der Waals surface area contributed by atoms with E-state index in [2.05, 4.69) is 12.1 Å². The third-order valence-electron chi connectivity index (χ3n) is 5.02. The minimum atomic E-state index is 0.0537. The summed E-state index contributed by atoms with van der Waals surface area (Å²) in [6, 6.07) is 14.2. The fourth-order valence-electron chi connectivity index (χ4n) is 3.29. The first-order valence-corrected chi connectivity index (χ1v) is 9.28. The summed E-state index contributed by atoms with van der Waals surface area (Å²) in [7, 11) is 7.51. The van der Waals surface area contributed by atoms with E-state index >= 15 is 0 Å². The van der Waals surface area contributed by atoms with Crippen LogP contribution in [0.1, 0.15) is 34.3 Å². The van der Waals surface area contributed by atoms with E-state index in [1.165, 1.54) is 5.56 Å². The number of fused-ring (bicyclic) bond motifs is 1. The van der Waals surface area contributed by atoms with Gasteiger partial charge in [-0.2, -0.15) is 0 Å². The van der Waals surface area contributed by atoms with Crippen LogP contribution in [0, 0.1) is 0 Å². The highest BCUT2D eigenvalue weighted by Gasteiger charge is 2.28. The molecular weight excluding hydrogens is 338 g/mol. The van der Waals surface area contributed by atoms with Gasteiger partial charge in [0, 0.05) is 51.5 Å². The topological polar surface area (TPSA) is 43.9 Å². The molecule has 142 valence electrons. The molecule has 5 heteroatoms. The van der Waals surface area contributed by atoms with Gasteiger partial charge in [-0.15, -0.1) is 0 Å². The van der Waals surface area contributed by atoms with E-state index in [0.717, 1.165) is 35.3 Å². The lowest BCUT2D eigenvalue weighted by atomic mass is 10.1. The molecule has 2 aromatic carbocycles. The zero-order chi connectivity index (χ0) is 19.6. The van der Waals surface area contributed by atoms with Crippen LogP contribution in [0.3, 0.4) is 0 Å². The Bertz CT molecular complexity index is 841. The van der Waals surface area contributed by atoms with Gasteiger partial charge < -0.3 is 14.7 Å². The van der Waals surface area contributed by atoms with Gasteiger partial charge in [0.1, 0.15) is 0 Å². The summed E-state index contributed by atoms with van der Waals surface area (Å²) >= 11 is 0. The van der Waals surface area contributed by atoms with E-state index < -0.39 is 0 Å². The van der Waals surface area contributed by atoms with Crippen molar-refractivity contribution in [2.75, 3.05) is 38.0 Å². The predicted molar refractivity (Wildman–Crippen MR) is 109 cm³/mol. The highest BCUT2D eigenvalue weighted by atomic mass is 16.2. The number of anilines is 2. The molecule has 2 aromatic rings. The number of aryl methyl sites for hydroxylation is 1. The maximum atomic E-state index is 12.8. The maximum Gasteiger partial charge on any atom is 0.259 e. The fraction of sp³-hybridized carbons (Fsp3) is 0.364. The summed E-state index contributed by atoms with van der Waals surface area (Å²) in [5, 5.41) is 0. The minimum Gasteiger partial charge on any atom is -0.378 e. The standard InChI is InChI=1S/C22H27N3O2/c1-23(2)19-13-10-17-15-25(22(27)20(17)14-19)18-11-8-16(9-12-18)6-5-7-21(26)24(3)4/h8-14H,5-7,15H2,1-4H3. The normalized spacial score (nSPS) is 12.9. The molecule has 5 nitrogen and oxygen atoms in total. The molecule has 0 aromatic heterocycles. The Labute approximate surface area is 161 Å². The summed E-state index contributed by atoms with van der Waals surface area (Å²) in [5.41, 5.74) is 4.98. The first kappa shape index (κ1) is 19.0. The predicted octanol–water partition coefficient (Wildman–Crippen LogP) is 3.32. The van der Waals surface area contributed by atoms with Crippen molar-refractivity contribution in [2.24, 2.45) is 0 Å². The molecule has 1 heterocycles. The van der Waals surface area contributed by atoms with E-state index in [-0.39, 0.29) is 11.8 Å². The third kappa shape index (κ3) is 4.13. The molecule has 0 saturated carbocycles. The van der Waals surface area contributed by atoms with Crippen LogP contribution in [0.25, 0.3) is 0 Å². The molecule has 3 rings (SSSR count). The Kier molecular flexibility index (Phi) is 5.49. The molecule has 0 bridgehead atoms. The average molecular weight is 365 g/mol. The van der Waals surface area contributed by atoms with Crippen LogP contribution in [0.4, 0.5) is 11.4 Å². The molecule has 2 amide bonds. The van der Waals surface area contributed by atoms with Crippen molar-refractivity contribution in [2.45, 2.75) is 25.8 Å². The number of carbonyl (C=O) groups is 2. The lowest BCUT2D eigenvalue weighted by Crippen LogP contribution is -2.23. The van der Waals surface area contributed by atoms with Crippen LogP contribution in [0.15, 0.2) is 42.5 Å². The lowest BCUT2D eigenvalue weighted by molar-refractivity contribution is -0.128. The molecule has 0 radical (unpaired) electrons.